The number of aliphatic hydroxyl groups is 1. The van der Waals surface area contributed by atoms with E-state index < -0.39 is 18.0 Å². The molecule has 116 valence electrons. The van der Waals surface area contributed by atoms with Gasteiger partial charge in [0.15, 0.2) is 0 Å². The number of carbonyl (C=O) groups is 2. The molecule has 0 aromatic carbocycles. The van der Waals surface area contributed by atoms with E-state index in [1.165, 1.54) is 7.11 Å². The average molecular weight is 288 g/mol. The molecule has 3 N–H and O–H groups in total. The second-order valence-electron chi connectivity index (χ2n) is 5.00. The van der Waals surface area contributed by atoms with Crippen LogP contribution in [-0.4, -0.2) is 66.1 Å². The van der Waals surface area contributed by atoms with E-state index in [-0.39, 0.29) is 25.7 Å². The van der Waals surface area contributed by atoms with Crippen molar-refractivity contribution in [3.05, 3.63) is 0 Å². The highest BCUT2D eigenvalue weighted by atomic mass is 16.5. The van der Waals surface area contributed by atoms with Crippen molar-refractivity contribution in [1.82, 2.24) is 10.2 Å². The Hall–Kier alpha value is -1.34. The van der Waals surface area contributed by atoms with Crippen LogP contribution in [0.15, 0.2) is 0 Å². The second-order valence-corrected chi connectivity index (χ2v) is 5.00. The summed E-state index contributed by atoms with van der Waals surface area (Å²) >= 11 is 0. The van der Waals surface area contributed by atoms with Crippen LogP contribution in [-0.2, 0) is 9.53 Å². The Morgan fingerprint density at radius 3 is 2.75 bits per heavy atom. The van der Waals surface area contributed by atoms with Crippen LogP contribution in [0.5, 0.6) is 0 Å². The average Bonchev–Trinajstić information content (AvgIpc) is 2.67. The molecule has 7 heteroatoms. The van der Waals surface area contributed by atoms with E-state index in [4.69, 9.17) is 9.84 Å². The van der Waals surface area contributed by atoms with E-state index in [0.717, 1.165) is 25.7 Å². The van der Waals surface area contributed by atoms with Crippen molar-refractivity contribution in [2.45, 2.75) is 44.2 Å². The van der Waals surface area contributed by atoms with E-state index in [1.54, 1.807) is 4.90 Å². The highest BCUT2D eigenvalue weighted by Crippen LogP contribution is 2.16. The molecule has 1 heterocycles. The van der Waals surface area contributed by atoms with Crippen LogP contribution in [0.4, 0.5) is 4.79 Å². The maximum absolute atomic E-state index is 12.2. The third-order valence-electron chi connectivity index (χ3n) is 3.56. The summed E-state index contributed by atoms with van der Waals surface area (Å²) in [5.41, 5.74) is 0. The number of amides is 2. The SMILES string of the molecule is COCCC(NC(=O)N1CCCCCC1CO)C(=O)O. The number of hydrogen-bond donors (Lipinski definition) is 3. The molecule has 1 aliphatic rings. The zero-order valence-electron chi connectivity index (χ0n) is 11.9. The number of rotatable bonds is 6. The highest BCUT2D eigenvalue weighted by Gasteiger charge is 2.28. The van der Waals surface area contributed by atoms with Crippen molar-refractivity contribution in [2.75, 3.05) is 26.9 Å². The molecule has 0 aliphatic carbocycles. The van der Waals surface area contributed by atoms with Gasteiger partial charge in [0.1, 0.15) is 6.04 Å². The van der Waals surface area contributed by atoms with Crippen LogP contribution in [0.25, 0.3) is 0 Å². The summed E-state index contributed by atoms with van der Waals surface area (Å²) in [6.07, 6.45) is 3.84. The molecule has 0 spiro atoms. The first-order chi connectivity index (χ1) is 9.60. The summed E-state index contributed by atoms with van der Waals surface area (Å²) < 4.78 is 4.84. The van der Waals surface area contributed by atoms with E-state index in [2.05, 4.69) is 5.32 Å². The minimum Gasteiger partial charge on any atom is -0.480 e. The zero-order valence-corrected chi connectivity index (χ0v) is 11.9. The Labute approximate surface area is 118 Å². The Bertz CT molecular complexity index is 324. The predicted molar refractivity (Wildman–Crippen MR) is 72.5 cm³/mol. The number of methoxy groups -OCH3 is 1. The van der Waals surface area contributed by atoms with Crippen LogP contribution in [0.3, 0.4) is 0 Å². The van der Waals surface area contributed by atoms with Crippen LogP contribution >= 0.6 is 0 Å². The van der Waals surface area contributed by atoms with Gasteiger partial charge < -0.3 is 25.2 Å². The molecule has 0 saturated carbocycles. The summed E-state index contributed by atoms with van der Waals surface area (Å²) in [5, 5.41) is 21.0. The zero-order chi connectivity index (χ0) is 15.0. The lowest BCUT2D eigenvalue weighted by Crippen LogP contribution is -2.52. The van der Waals surface area contributed by atoms with Crippen molar-refractivity contribution in [1.29, 1.82) is 0 Å². The lowest BCUT2D eigenvalue weighted by molar-refractivity contribution is -0.139. The van der Waals surface area contributed by atoms with Crippen LogP contribution in [0.1, 0.15) is 32.1 Å². The number of nitrogens with zero attached hydrogens (tertiary/aromatic N) is 1. The molecule has 1 rings (SSSR count). The first-order valence-corrected chi connectivity index (χ1v) is 7.00. The number of carboxylic acids is 1. The number of hydrogen-bond acceptors (Lipinski definition) is 4. The van der Waals surface area contributed by atoms with Gasteiger partial charge >= 0.3 is 12.0 Å². The number of carbonyl (C=O) groups excluding carboxylic acids is 1. The van der Waals surface area contributed by atoms with Crippen LogP contribution in [0, 0.1) is 0 Å². The van der Waals surface area contributed by atoms with E-state index in [0.29, 0.717) is 6.54 Å². The molecule has 1 aliphatic heterocycles. The van der Waals surface area contributed by atoms with E-state index in [1.807, 2.05) is 0 Å². The maximum atomic E-state index is 12.2. The molecule has 2 amide bonds. The van der Waals surface area contributed by atoms with Crippen molar-refractivity contribution in [2.24, 2.45) is 0 Å². The van der Waals surface area contributed by atoms with Crippen molar-refractivity contribution >= 4 is 12.0 Å². The number of carboxylic acid groups (broad SMARTS) is 1. The molecule has 1 fully saturated rings. The van der Waals surface area contributed by atoms with Gasteiger partial charge in [-0.1, -0.05) is 12.8 Å². The topological polar surface area (TPSA) is 99.1 Å². The van der Waals surface area contributed by atoms with E-state index in [9.17, 15) is 14.7 Å². The normalized spacial score (nSPS) is 21.1. The molecular formula is C13H24N2O5. The number of nitrogens with one attached hydrogen (secondary N) is 1. The first-order valence-electron chi connectivity index (χ1n) is 7.00. The molecule has 0 aromatic rings. The number of urea groups is 1. The lowest BCUT2D eigenvalue weighted by atomic mass is 10.1. The minimum absolute atomic E-state index is 0.0940. The first kappa shape index (κ1) is 16.7. The van der Waals surface area contributed by atoms with Gasteiger partial charge in [-0.05, 0) is 12.8 Å². The quantitative estimate of drug-likeness (QED) is 0.658. The molecule has 7 nitrogen and oxygen atoms in total. The molecule has 0 bridgehead atoms. The summed E-state index contributed by atoms with van der Waals surface area (Å²) in [6, 6.07) is -1.62. The molecule has 0 radical (unpaired) electrons. The van der Waals surface area contributed by atoms with Gasteiger partial charge in [-0.3, -0.25) is 0 Å². The van der Waals surface area contributed by atoms with Crippen LogP contribution < -0.4 is 5.32 Å². The van der Waals surface area contributed by atoms with Gasteiger partial charge in [-0.25, -0.2) is 9.59 Å². The Kier molecular flexibility index (Phi) is 7.32. The van der Waals surface area contributed by atoms with Gasteiger partial charge in [0, 0.05) is 26.7 Å². The Morgan fingerprint density at radius 2 is 2.15 bits per heavy atom. The van der Waals surface area contributed by atoms with Crippen molar-refractivity contribution < 1.29 is 24.5 Å². The second kappa shape index (κ2) is 8.76. The largest absolute Gasteiger partial charge is 0.480 e. The number of ether oxygens (including phenoxy) is 1. The standard InChI is InChI=1S/C13H24N2O5/c1-20-8-6-11(12(17)18)14-13(19)15-7-4-2-3-5-10(15)9-16/h10-11,16H,2-9H2,1H3,(H,14,19)(H,17,18). The third-order valence-corrected chi connectivity index (χ3v) is 3.56. The summed E-state index contributed by atoms with van der Waals surface area (Å²) in [4.78, 5) is 24.9. The van der Waals surface area contributed by atoms with Crippen molar-refractivity contribution in [3.63, 3.8) is 0 Å². The molecule has 2 atom stereocenters. The van der Waals surface area contributed by atoms with Gasteiger partial charge in [-0.2, -0.15) is 0 Å². The number of aliphatic hydroxyl groups excluding tert-OH is 1. The summed E-state index contributed by atoms with van der Waals surface area (Å²) in [5.74, 6) is -1.08. The Morgan fingerprint density at radius 1 is 1.40 bits per heavy atom. The highest BCUT2D eigenvalue weighted by molar-refractivity contribution is 5.82. The fraction of sp³-hybridized carbons (Fsp3) is 0.846. The summed E-state index contributed by atoms with van der Waals surface area (Å²) in [6.45, 7) is 0.720. The fourth-order valence-electron chi connectivity index (χ4n) is 2.36. The van der Waals surface area contributed by atoms with Gasteiger partial charge in [0.25, 0.3) is 0 Å². The maximum Gasteiger partial charge on any atom is 0.326 e. The number of aliphatic carboxylic acids is 1. The third kappa shape index (κ3) is 4.97. The molecule has 20 heavy (non-hydrogen) atoms. The molecule has 1 saturated heterocycles. The van der Waals surface area contributed by atoms with Gasteiger partial charge in [0.2, 0.25) is 0 Å². The van der Waals surface area contributed by atoms with Gasteiger partial charge in [-0.15, -0.1) is 0 Å². The smallest absolute Gasteiger partial charge is 0.326 e. The lowest BCUT2D eigenvalue weighted by Gasteiger charge is -2.30. The molecular weight excluding hydrogens is 264 g/mol. The minimum atomic E-state index is -1.08. The van der Waals surface area contributed by atoms with Gasteiger partial charge in [0.05, 0.1) is 12.6 Å². The Balaban J connectivity index is 2.62. The fourth-order valence-corrected chi connectivity index (χ4v) is 2.36. The van der Waals surface area contributed by atoms with Crippen molar-refractivity contribution in [3.8, 4) is 0 Å². The monoisotopic (exact) mass is 288 g/mol. The number of likely N-dealkylation sites (tertiary alicyclic amines) is 1. The predicted octanol–water partition coefficient (Wildman–Crippen LogP) is 0.423. The van der Waals surface area contributed by atoms with E-state index >= 15 is 0 Å². The molecule has 0 aromatic heterocycles. The van der Waals surface area contributed by atoms with Crippen LogP contribution in [0.2, 0.25) is 0 Å². The summed E-state index contributed by atoms with van der Waals surface area (Å²) in [7, 11) is 1.48. The molecule has 2 unspecified atom stereocenters.